The first kappa shape index (κ1) is 16.6. The number of aryl methyl sites for hydroxylation is 1. The van der Waals surface area contributed by atoms with Gasteiger partial charge in [0.05, 0.1) is 4.90 Å². The van der Waals surface area contributed by atoms with Gasteiger partial charge in [-0.3, -0.25) is 0 Å². The monoisotopic (exact) mass is 348 g/mol. The van der Waals surface area contributed by atoms with E-state index >= 15 is 0 Å². The molecule has 4 nitrogen and oxygen atoms in total. The molecule has 0 aromatic heterocycles. The fourth-order valence-corrected chi connectivity index (χ4v) is 3.95. The van der Waals surface area contributed by atoms with E-state index in [9.17, 15) is 8.42 Å². The average Bonchev–Trinajstić information content (AvgIpc) is 2.30. The first-order valence-electron chi connectivity index (χ1n) is 6.24. The summed E-state index contributed by atoms with van der Waals surface area (Å²) < 4.78 is 28.2. The van der Waals surface area contributed by atoms with Crippen LogP contribution in [0.5, 0.6) is 0 Å². The normalized spacial score (nSPS) is 13.8. The molecular weight excluding hydrogens is 328 g/mol. The molecule has 19 heavy (non-hydrogen) atoms. The summed E-state index contributed by atoms with van der Waals surface area (Å²) in [5, 5.41) is 0. The molecule has 0 fully saturated rings. The van der Waals surface area contributed by atoms with Gasteiger partial charge in [0.15, 0.2) is 0 Å². The summed E-state index contributed by atoms with van der Waals surface area (Å²) in [7, 11) is -3.53. The van der Waals surface area contributed by atoms with Crippen molar-refractivity contribution in [1.82, 2.24) is 4.72 Å². The third-order valence-electron chi connectivity index (χ3n) is 2.80. The number of nitrogens with one attached hydrogen (secondary N) is 1. The lowest BCUT2D eigenvalue weighted by molar-refractivity contribution is 0.465. The van der Waals surface area contributed by atoms with E-state index in [4.69, 9.17) is 5.73 Å². The maximum atomic E-state index is 12.4. The van der Waals surface area contributed by atoms with Crippen LogP contribution < -0.4 is 10.5 Å². The molecule has 0 aliphatic rings. The first-order valence-corrected chi connectivity index (χ1v) is 8.52. The van der Waals surface area contributed by atoms with Crippen molar-refractivity contribution < 1.29 is 8.42 Å². The zero-order valence-electron chi connectivity index (χ0n) is 11.5. The number of hydrogen-bond donors (Lipinski definition) is 2. The minimum atomic E-state index is -3.53. The van der Waals surface area contributed by atoms with Crippen LogP contribution in [0.4, 0.5) is 0 Å². The summed E-state index contributed by atoms with van der Waals surface area (Å²) in [6.45, 7) is 6.16. The van der Waals surface area contributed by atoms with E-state index in [0.29, 0.717) is 17.4 Å². The number of sulfonamides is 1. The molecule has 1 atom stereocenters. The molecule has 0 aliphatic carbocycles. The van der Waals surface area contributed by atoms with E-state index in [1.54, 1.807) is 19.1 Å². The molecule has 1 rings (SSSR count). The van der Waals surface area contributed by atoms with Gasteiger partial charge in [0.2, 0.25) is 10.0 Å². The third kappa shape index (κ3) is 4.87. The molecular formula is C13H21BrN2O2S. The van der Waals surface area contributed by atoms with E-state index in [1.165, 1.54) is 0 Å². The molecule has 0 spiro atoms. The number of rotatable bonds is 6. The molecule has 1 aromatic carbocycles. The second kappa shape index (κ2) is 6.83. The maximum absolute atomic E-state index is 12.4. The van der Waals surface area contributed by atoms with Gasteiger partial charge < -0.3 is 5.73 Å². The second-order valence-electron chi connectivity index (χ2n) is 5.09. The first-order chi connectivity index (χ1) is 8.76. The summed E-state index contributed by atoms with van der Waals surface area (Å²) in [6.07, 6.45) is 0.725. The van der Waals surface area contributed by atoms with Gasteiger partial charge in [-0.05, 0) is 37.0 Å². The van der Waals surface area contributed by atoms with Gasteiger partial charge in [0, 0.05) is 17.1 Å². The summed E-state index contributed by atoms with van der Waals surface area (Å²) in [5.41, 5.74) is 6.36. The summed E-state index contributed by atoms with van der Waals surface area (Å²) in [6, 6.07) is 4.98. The summed E-state index contributed by atoms with van der Waals surface area (Å²) >= 11 is 3.30. The fraction of sp³-hybridized carbons (Fsp3) is 0.538. The van der Waals surface area contributed by atoms with E-state index < -0.39 is 10.0 Å². The minimum absolute atomic E-state index is 0.233. The smallest absolute Gasteiger partial charge is 0.241 e. The zero-order chi connectivity index (χ0) is 14.6. The number of hydrogen-bond acceptors (Lipinski definition) is 3. The van der Waals surface area contributed by atoms with E-state index in [2.05, 4.69) is 20.7 Å². The Balaban J connectivity index is 3.00. The lowest BCUT2D eigenvalue weighted by atomic mass is 10.1. The molecule has 0 saturated carbocycles. The Morgan fingerprint density at radius 2 is 2.00 bits per heavy atom. The van der Waals surface area contributed by atoms with E-state index in [0.717, 1.165) is 16.5 Å². The second-order valence-corrected chi connectivity index (χ2v) is 7.69. The van der Waals surface area contributed by atoms with Crippen LogP contribution in [0.2, 0.25) is 0 Å². The van der Waals surface area contributed by atoms with Crippen LogP contribution >= 0.6 is 15.9 Å². The lowest BCUT2D eigenvalue weighted by Gasteiger charge is -2.19. The Labute approximate surface area is 124 Å². The van der Waals surface area contributed by atoms with Gasteiger partial charge in [-0.1, -0.05) is 35.8 Å². The molecule has 0 radical (unpaired) electrons. The Kier molecular flexibility index (Phi) is 5.98. The van der Waals surface area contributed by atoms with Crippen LogP contribution in [0.3, 0.4) is 0 Å². The van der Waals surface area contributed by atoms with Gasteiger partial charge in [0.25, 0.3) is 0 Å². The molecule has 0 saturated heterocycles. The number of benzene rings is 1. The fourth-order valence-electron chi connectivity index (χ4n) is 1.91. The van der Waals surface area contributed by atoms with Gasteiger partial charge >= 0.3 is 0 Å². The maximum Gasteiger partial charge on any atom is 0.241 e. The van der Waals surface area contributed by atoms with Crippen molar-refractivity contribution >= 4 is 26.0 Å². The molecule has 3 N–H and O–H groups in total. The quantitative estimate of drug-likeness (QED) is 0.828. The van der Waals surface area contributed by atoms with Crippen molar-refractivity contribution in [3.63, 3.8) is 0 Å². The summed E-state index contributed by atoms with van der Waals surface area (Å²) in [5.74, 6) is 0.389. The van der Waals surface area contributed by atoms with Crippen LogP contribution in [0.15, 0.2) is 27.6 Å². The molecule has 0 bridgehead atoms. The standard InChI is InChI=1S/C13H21BrN2O2S/c1-9(2)6-12(8-15)16-19(17,18)13-7-11(14)5-4-10(13)3/h4-5,7,9,12,16H,6,8,15H2,1-3H3. The SMILES string of the molecule is Cc1ccc(Br)cc1S(=O)(=O)NC(CN)CC(C)C. The van der Waals surface area contributed by atoms with Crippen molar-refractivity contribution in [3.05, 3.63) is 28.2 Å². The molecule has 1 unspecified atom stereocenters. The minimum Gasteiger partial charge on any atom is -0.329 e. The highest BCUT2D eigenvalue weighted by atomic mass is 79.9. The van der Waals surface area contributed by atoms with Crippen LogP contribution in [-0.2, 0) is 10.0 Å². The molecule has 108 valence electrons. The van der Waals surface area contributed by atoms with E-state index in [1.807, 2.05) is 19.9 Å². The highest BCUT2D eigenvalue weighted by Gasteiger charge is 2.21. The summed E-state index contributed by atoms with van der Waals surface area (Å²) in [4.78, 5) is 0.295. The Hall–Kier alpha value is -0.430. The van der Waals surface area contributed by atoms with Gasteiger partial charge in [-0.25, -0.2) is 13.1 Å². The average molecular weight is 349 g/mol. The Bertz CT molecular complexity index is 529. The van der Waals surface area contributed by atoms with Crippen molar-refractivity contribution in [2.24, 2.45) is 11.7 Å². The topological polar surface area (TPSA) is 72.2 Å². The zero-order valence-corrected chi connectivity index (χ0v) is 13.9. The third-order valence-corrected chi connectivity index (χ3v) is 4.96. The predicted octanol–water partition coefficient (Wildman–Crippen LogP) is 2.41. The highest BCUT2D eigenvalue weighted by molar-refractivity contribution is 9.10. The largest absolute Gasteiger partial charge is 0.329 e. The lowest BCUT2D eigenvalue weighted by Crippen LogP contribution is -2.41. The Morgan fingerprint density at radius 1 is 1.37 bits per heavy atom. The van der Waals surface area contributed by atoms with Crippen molar-refractivity contribution in [1.29, 1.82) is 0 Å². The van der Waals surface area contributed by atoms with Gasteiger partial charge in [0.1, 0.15) is 0 Å². The molecule has 0 heterocycles. The Morgan fingerprint density at radius 3 is 2.53 bits per heavy atom. The van der Waals surface area contributed by atoms with E-state index in [-0.39, 0.29) is 6.04 Å². The van der Waals surface area contributed by atoms with Crippen LogP contribution in [0.1, 0.15) is 25.8 Å². The van der Waals surface area contributed by atoms with Gasteiger partial charge in [-0.15, -0.1) is 0 Å². The van der Waals surface area contributed by atoms with Crippen LogP contribution in [0.25, 0.3) is 0 Å². The molecule has 1 aromatic rings. The highest BCUT2D eigenvalue weighted by Crippen LogP contribution is 2.21. The molecule has 0 amide bonds. The van der Waals surface area contributed by atoms with Gasteiger partial charge in [-0.2, -0.15) is 0 Å². The molecule has 0 aliphatic heterocycles. The van der Waals surface area contributed by atoms with Crippen molar-refractivity contribution in [2.75, 3.05) is 6.54 Å². The van der Waals surface area contributed by atoms with Crippen LogP contribution in [-0.4, -0.2) is 21.0 Å². The molecule has 6 heteroatoms. The number of nitrogens with two attached hydrogens (primary N) is 1. The van der Waals surface area contributed by atoms with Crippen LogP contribution in [0, 0.1) is 12.8 Å². The van der Waals surface area contributed by atoms with Crippen molar-refractivity contribution in [3.8, 4) is 0 Å². The number of halogens is 1. The predicted molar refractivity (Wildman–Crippen MR) is 81.5 cm³/mol. The van der Waals surface area contributed by atoms with Crippen molar-refractivity contribution in [2.45, 2.75) is 38.1 Å².